The van der Waals surface area contributed by atoms with Gasteiger partial charge >= 0.3 is 6.03 Å². The van der Waals surface area contributed by atoms with Gasteiger partial charge in [0.15, 0.2) is 0 Å². The minimum Gasteiger partial charge on any atom is -0.489 e. The van der Waals surface area contributed by atoms with Gasteiger partial charge in [0.2, 0.25) is 5.91 Å². The molecule has 2 aliphatic heterocycles. The van der Waals surface area contributed by atoms with E-state index in [1.54, 1.807) is 24.3 Å². The summed E-state index contributed by atoms with van der Waals surface area (Å²) in [5.74, 6) is -0.248. The van der Waals surface area contributed by atoms with Gasteiger partial charge in [-0.2, -0.15) is 0 Å². The number of nitrogens with one attached hydrogen (secondary N) is 3. The molecule has 1 aromatic heterocycles. The number of hydrogen-bond donors (Lipinski definition) is 3. The van der Waals surface area contributed by atoms with Crippen LogP contribution in [-0.4, -0.2) is 58.8 Å². The Balaban J connectivity index is 1.26. The van der Waals surface area contributed by atoms with Crippen LogP contribution in [0.4, 0.5) is 4.79 Å². The molecule has 0 saturated carbocycles. The van der Waals surface area contributed by atoms with Gasteiger partial charge in [0.05, 0.1) is 11.6 Å². The lowest BCUT2D eigenvalue weighted by Crippen LogP contribution is -2.57. The summed E-state index contributed by atoms with van der Waals surface area (Å²) in [5, 5.41) is 8.96. The fraction of sp³-hybridized carbons (Fsp3) is 0.406. The quantitative estimate of drug-likeness (QED) is 0.371. The second kappa shape index (κ2) is 11.8. The number of rotatable bonds is 7. The number of aryl methyl sites for hydroxylation is 1. The van der Waals surface area contributed by atoms with Crippen molar-refractivity contribution in [3.8, 4) is 5.75 Å². The molecule has 5 amide bonds. The molecule has 0 aliphatic carbocycles. The van der Waals surface area contributed by atoms with E-state index in [-0.39, 0.29) is 17.7 Å². The lowest BCUT2D eigenvalue weighted by Gasteiger charge is -2.39. The largest absolute Gasteiger partial charge is 0.489 e. The summed E-state index contributed by atoms with van der Waals surface area (Å²) >= 11 is 0. The van der Waals surface area contributed by atoms with Crippen LogP contribution in [0.25, 0.3) is 10.9 Å². The molecule has 0 bridgehead atoms. The molecule has 10 nitrogen and oxygen atoms in total. The zero-order chi connectivity index (χ0) is 30.0. The first-order valence-corrected chi connectivity index (χ1v) is 14.3. The first kappa shape index (κ1) is 29.0. The molecule has 5 rings (SSSR count). The van der Waals surface area contributed by atoms with E-state index in [0.717, 1.165) is 22.2 Å². The number of pyridine rings is 1. The van der Waals surface area contributed by atoms with Gasteiger partial charge in [-0.25, -0.2) is 4.79 Å². The third-order valence-electron chi connectivity index (χ3n) is 7.88. The third-order valence-corrected chi connectivity index (χ3v) is 7.88. The molecule has 2 aliphatic rings. The van der Waals surface area contributed by atoms with Crippen LogP contribution in [0, 0.1) is 18.3 Å². The molecule has 42 heavy (non-hydrogen) atoms. The van der Waals surface area contributed by atoms with Gasteiger partial charge in [0.1, 0.15) is 18.4 Å². The Hall–Kier alpha value is -4.47. The minimum absolute atomic E-state index is 0.0722. The van der Waals surface area contributed by atoms with E-state index in [1.165, 1.54) is 0 Å². The van der Waals surface area contributed by atoms with Crippen molar-refractivity contribution in [3.05, 3.63) is 71.4 Å². The summed E-state index contributed by atoms with van der Waals surface area (Å²) in [6.45, 7) is 9.02. The van der Waals surface area contributed by atoms with E-state index >= 15 is 0 Å². The van der Waals surface area contributed by atoms with Crippen LogP contribution in [0.5, 0.6) is 5.75 Å². The molecule has 2 fully saturated rings. The van der Waals surface area contributed by atoms with E-state index in [9.17, 15) is 19.2 Å². The summed E-state index contributed by atoms with van der Waals surface area (Å²) in [6, 6.07) is 14.6. The Kier molecular flexibility index (Phi) is 8.15. The van der Waals surface area contributed by atoms with Crippen molar-refractivity contribution in [1.29, 1.82) is 0 Å². The molecule has 2 unspecified atom stereocenters. The van der Waals surface area contributed by atoms with E-state index in [1.807, 2.05) is 62.9 Å². The molecule has 220 valence electrons. The maximum Gasteiger partial charge on any atom is 0.322 e. The Labute approximate surface area is 245 Å². The average molecular weight is 572 g/mol. The Bertz CT molecular complexity index is 1510. The van der Waals surface area contributed by atoms with Crippen LogP contribution in [0.15, 0.2) is 54.6 Å². The van der Waals surface area contributed by atoms with Crippen LogP contribution < -0.4 is 20.7 Å². The highest BCUT2D eigenvalue weighted by atomic mass is 16.5. The highest BCUT2D eigenvalue weighted by Gasteiger charge is 2.43. The van der Waals surface area contributed by atoms with Gasteiger partial charge in [-0.3, -0.25) is 24.7 Å². The molecule has 2 aromatic carbocycles. The number of piperidine rings is 1. The summed E-state index contributed by atoms with van der Waals surface area (Å²) in [5.41, 5.74) is 2.77. The second-order valence-electron chi connectivity index (χ2n) is 12.1. The number of benzene rings is 2. The number of nitrogens with zero attached hydrogens (tertiary/aromatic N) is 2. The normalized spacial score (nSPS) is 18.4. The number of fused-ring (bicyclic) bond motifs is 1. The van der Waals surface area contributed by atoms with Crippen LogP contribution in [-0.2, 0) is 16.2 Å². The van der Waals surface area contributed by atoms with Crippen molar-refractivity contribution in [3.63, 3.8) is 0 Å². The van der Waals surface area contributed by atoms with Gasteiger partial charge in [0.25, 0.3) is 11.8 Å². The van der Waals surface area contributed by atoms with Crippen molar-refractivity contribution in [1.82, 2.24) is 25.8 Å². The molecule has 3 heterocycles. The Morgan fingerprint density at radius 2 is 1.76 bits per heavy atom. The number of para-hydroxylation sites is 1. The van der Waals surface area contributed by atoms with Gasteiger partial charge in [0, 0.05) is 40.7 Å². The Morgan fingerprint density at radius 3 is 2.40 bits per heavy atom. The number of hydrogen-bond acceptors (Lipinski definition) is 6. The summed E-state index contributed by atoms with van der Waals surface area (Å²) in [4.78, 5) is 57.0. The molecule has 10 heteroatoms. The molecular weight excluding hydrogens is 534 g/mol. The monoisotopic (exact) mass is 571 g/mol. The van der Waals surface area contributed by atoms with Crippen molar-refractivity contribution in [2.24, 2.45) is 11.3 Å². The first-order valence-electron chi connectivity index (χ1n) is 14.3. The molecule has 3 N–H and O–H groups in total. The van der Waals surface area contributed by atoms with E-state index in [4.69, 9.17) is 4.74 Å². The van der Waals surface area contributed by atoms with Gasteiger partial charge in [-0.05, 0) is 62.1 Å². The lowest BCUT2D eigenvalue weighted by molar-refractivity contribution is -0.141. The fourth-order valence-electron chi connectivity index (χ4n) is 5.71. The highest BCUT2D eigenvalue weighted by Crippen LogP contribution is 2.28. The molecule has 2 saturated heterocycles. The predicted molar refractivity (Wildman–Crippen MR) is 158 cm³/mol. The smallest absolute Gasteiger partial charge is 0.322 e. The van der Waals surface area contributed by atoms with Crippen LogP contribution >= 0.6 is 0 Å². The third kappa shape index (κ3) is 6.37. The number of amides is 5. The molecule has 2 atom stereocenters. The zero-order valence-corrected chi connectivity index (χ0v) is 24.4. The average Bonchev–Trinajstić information content (AvgIpc) is 3.31. The number of carbonyl (C=O) groups excluding carboxylic acids is 4. The van der Waals surface area contributed by atoms with E-state index < -0.39 is 29.4 Å². The standard InChI is InChI=1S/C32H37N5O5/c1-19-17-22(24-7-5-6-8-25(24)33-19)18-42-23-11-9-21(10-12-23)28(38)34-26(27-29(39)36-31(41)35-27)20-13-15-37(16-14-20)30(40)32(2,3)4/h5-12,17,20,26-27H,13-16,18H2,1-4H3,(H,34,38)(H2,35,36,39,41). The van der Waals surface area contributed by atoms with Crippen LogP contribution in [0.1, 0.15) is 55.2 Å². The minimum atomic E-state index is -0.891. The van der Waals surface area contributed by atoms with E-state index in [2.05, 4.69) is 20.9 Å². The SMILES string of the molecule is Cc1cc(COc2ccc(C(=O)NC(C3CCN(C(=O)C(C)(C)C)CC3)C3NC(=O)NC3=O)cc2)c2ccccc2n1. The maximum absolute atomic E-state index is 13.4. The summed E-state index contributed by atoms with van der Waals surface area (Å²) in [6.07, 6.45) is 1.20. The molecular formula is C32H37N5O5. The lowest BCUT2D eigenvalue weighted by atomic mass is 9.84. The van der Waals surface area contributed by atoms with Crippen molar-refractivity contribution in [2.75, 3.05) is 13.1 Å². The van der Waals surface area contributed by atoms with Crippen molar-refractivity contribution in [2.45, 2.75) is 59.2 Å². The van der Waals surface area contributed by atoms with Gasteiger partial charge < -0.3 is 20.3 Å². The molecule has 0 spiro atoms. The number of likely N-dealkylation sites (tertiary alicyclic amines) is 1. The fourth-order valence-corrected chi connectivity index (χ4v) is 5.71. The Morgan fingerprint density at radius 1 is 1.07 bits per heavy atom. The molecule has 3 aromatic rings. The summed E-state index contributed by atoms with van der Waals surface area (Å²) < 4.78 is 6.03. The molecule has 0 radical (unpaired) electrons. The number of ether oxygens (including phenoxy) is 1. The number of aromatic nitrogens is 1. The number of urea groups is 1. The highest BCUT2D eigenvalue weighted by molar-refractivity contribution is 6.05. The predicted octanol–water partition coefficient (Wildman–Crippen LogP) is 3.71. The second-order valence-corrected chi connectivity index (χ2v) is 12.1. The van der Waals surface area contributed by atoms with Crippen LogP contribution in [0.3, 0.4) is 0 Å². The van der Waals surface area contributed by atoms with Crippen molar-refractivity contribution >= 4 is 34.7 Å². The maximum atomic E-state index is 13.4. The number of carbonyl (C=O) groups is 4. The first-order chi connectivity index (χ1) is 20.0. The van der Waals surface area contributed by atoms with Gasteiger partial charge in [-0.15, -0.1) is 0 Å². The number of imide groups is 1. The topological polar surface area (TPSA) is 130 Å². The van der Waals surface area contributed by atoms with Crippen molar-refractivity contribution < 1.29 is 23.9 Å². The zero-order valence-electron chi connectivity index (χ0n) is 24.4. The van der Waals surface area contributed by atoms with E-state index in [0.29, 0.717) is 43.9 Å². The van der Waals surface area contributed by atoms with Gasteiger partial charge in [-0.1, -0.05) is 39.0 Å². The summed E-state index contributed by atoms with van der Waals surface area (Å²) in [7, 11) is 0. The van der Waals surface area contributed by atoms with Crippen LogP contribution in [0.2, 0.25) is 0 Å².